The molecular weight excluding hydrogens is 729 g/mol. The summed E-state index contributed by atoms with van der Waals surface area (Å²) in [5.41, 5.74) is 10.2. The lowest BCUT2D eigenvalue weighted by Gasteiger charge is -2.07. The summed E-state index contributed by atoms with van der Waals surface area (Å²) in [5, 5.41) is 14.0. The van der Waals surface area contributed by atoms with E-state index in [9.17, 15) is 0 Å². The Morgan fingerprint density at radius 3 is 1.20 bits per heavy atom. The van der Waals surface area contributed by atoms with E-state index in [1.807, 2.05) is 22.7 Å². The molecule has 0 aliphatic heterocycles. The molecule has 0 N–H and O–H groups in total. The molecule has 0 saturated carbocycles. The number of benzene rings is 4. The van der Waals surface area contributed by atoms with E-state index < -0.39 is 0 Å². The summed E-state index contributed by atoms with van der Waals surface area (Å²) in [5.74, 6) is 7.51. The zero-order valence-electron chi connectivity index (χ0n) is 31.3. The predicted molar refractivity (Wildman–Crippen MR) is 247 cm³/mol. The molecule has 0 spiro atoms. The topological polar surface area (TPSA) is 0 Å². The van der Waals surface area contributed by atoms with Gasteiger partial charge in [0.15, 0.2) is 0 Å². The summed E-state index contributed by atoms with van der Waals surface area (Å²) in [6.07, 6.45) is 22.0. The Kier molecular flexibility index (Phi) is 11.9. The molecule has 0 aliphatic carbocycles. The highest BCUT2D eigenvalue weighted by Gasteiger charge is 2.16. The Labute approximate surface area is 336 Å². The average Bonchev–Trinajstić information content (AvgIpc) is 4.04. The summed E-state index contributed by atoms with van der Waals surface area (Å²) in [6.45, 7) is 4.55. The van der Waals surface area contributed by atoms with Crippen LogP contribution >= 0.6 is 45.3 Å². The fourth-order valence-electron chi connectivity index (χ4n) is 7.51. The van der Waals surface area contributed by atoms with Gasteiger partial charge < -0.3 is 0 Å². The lowest BCUT2D eigenvalue weighted by molar-refractivity contribution is 0.667. The zero-order valence-corrected chi connectivity index (χ0v) is 34.5. The smallest absolute Gasteiger partial charge is 0.0514 e. The van der Waals surface area contributed by atoms with Crippen LogP contribution in [0.4, 0.5) is 0 Å². The SMILES string of the molecule is CCCCCCc1ccc(C=Cc2c3ccsc3c(C#Cc3c4ccsc4c(C=Cc4ccc(CCCCCC)cc4)c4ccsc34)c3ccsc23)cc1. The number of hydrogen-bond donors (Lipinski definition) is 0. The molecule has 0 atom stereocenters. The van der Waals surface area contributed by atoms with Gasteiger partial charge in [0, 0.05) is 42.1 Å². The Morgan fingerprint density at radius 2 is 0.796 bits per heavy atom. The van der Waals surface area contributed by atoms with Crippen LogP contribution in [0.15, 0.2) is 94.3 Å². The molecule has 0 bridgehead atoms. The van der Waals surface area contributed by atoms with Gasteiger partial charge in [-0.2, -0.15) is 0 Å². The minimum Gasteiger partial charge on any atom is -0.143 e. The maximum Gasteiger partial charge on any atom is 0.0514 e. The third-order valence-electron chi connectivity index (χ3n) is 10.5. The van der Waals surface area contributed by atoms with Crippen molar-refractivity contribution in [1.82, 2.24) is 0 Å². The molecule has 0 unspecified atom stereocenters. The van der Waals surface area contributed by atoms with Crippen molar-refractivity contribution in [2.45, 2.75) is 78.1 Å². The molecular formula is C50H46S4. The number of hydrogen-bond acceptors (Lipinski definition) is 4. The van der Waals surface area contributed by atoms with Gasteiger partial charge in [-0.1, -0.05) is 137 Å². The summed E-state index contributed by atoms with van der Waals surface area (Å²) in [6, 6.07) is 27.4. The quantitative estimate of drug-likeness (QED) is 0.0586. The highest BCUT2D eigenvalue weighted by molar-refractivity contribution is 7.20. The molecule has 8 rings (SSSR count). The number of fused-ring (bicyclic) bond motifs is 4. The first-order chi connectivity index (χ1) is 26.7. The van der Waals surface area contributed by atoms with Crippen molar-refractivity contribution in [2.75, 3.05) is 0 Å². The first kappa shape index (κ1) is 36.7. The van der Waals surface area contributed by atoms with Crippen LogP contribution in [0.1, 0.15) is 110 Å². The van der Waals surface area contributed by atoms with Crippen LogP contribution < -0.4 is 0 Å². The second kappa shape index (κ2) is 17.5. The largest absolute Gasteiger partial charge is 0.143 e. The summed E-state index contributed by atoms with van der Waals surface area (Å²) in [4.78, 5) is 0. The molecule has 4 aromatic carbocycles. The van der Waals surface area contributed by atoms with Crippen molar-refractivity contribution in [2.24, 2.45) is 0 Å². The molecule has 0 aliphatic rings. The Bertz CT molecular complexity index is 2340. The van der Waals surface area contributed by atoms with Gasteiger partial charge in [-0.15, -0.1) is 45.3 Å². The Morgan fingerprint density at radius 1 is 0.407 bits per heavy atom. The van der Waals surface area contributed by atoms with Crippen LogP contribution in [0.5, 0.6) is 0 Å². The van der Waals surface area contributed by atoms with E-state index in [0.29, 0.717) is 0 Å². The van der Waals surface area contributed by atoms with Gasteiger partial charge in [0.1, 0.15) is 0 Å². The fourth-order valence-corrected chi connectivity index (χ4v) is 11.2. The molecule has 0 fully saturated rings. The molecule has 0 nitrogen and oxygen atoms in total. The van der Waals surface area contributed by atoms with E-state index in [4.69, 9.17) is 0 Å². The van der Waals surface area contributed by atoms with Crippen molar-refractivity contribution in [3.05, 3.63) is 139 Å². The second-order valence-electron chi connectivity index (χ2n) is 14.3. The second-order valence-corrected chi connectivity index (χ2v) is 17.9. The molecule has 54 heavy (non-hydrogen) atoms. The zero-order chi connectivity index (χ0) is 36.7. The van der Waals surface area contributed by atoms with Crippen LogP contribution in [0.3, 0.4) is 0 Å². The van der Waals surface area contributed by atoms with Crippen LogP contribution in [0.25, 0.3) is 64.6 Å². The molecule has 4 heterocycles. The Hall–Kier alpha value is -4.24. The van der Waals surface area contributed by atoms with Crippen LogP contribution in [0, 0.1) is 11.8 Å². The van der Waals surface area contributed by atoms with Gasteiger partial charge in [-0.3, -0.25) is 0 Å². The molecule has 4 heteroatoms. The summed E-state index contributed by atoms with van der Waals surface area (Å²) >= 11 is 7.25. The summed E-state index contributed by atoms with van der Waals surface area (Å²) < 4.78 is 5.15. The molecule has 4 aromatic heterocycles. The van der Waals surface area contributed by atoms with Crippen molar-refractivity contribution in [1.29, 1.82) is 0 Å². The maximum atomic E-state index is 3.76. The highest BCUT2D eigenvalue weighted by Crippen LogP contribution is 2.41. The molecule has 0 amide bonds. The maximum absolute atomic E-state index is 3.76. The standard InChI is InChI=1S/C50H46S4/c1-3-5-7-9-11-35-13-17-37(18-14-35)21-23-39-43-27-31-53-49(43)41(45-29-33-51-47(39)45)25-26-42-46-30-34-52-48(46)40(44-28-32-54-50(42)44)24-22-38-19-15-36(16-20-38)12-10-8-6-4-2/h13-24,27-34H,3-12H2,1-2H3. The van der Waals surface area contributed by atoms with Gasteiger partial charge in [-0.25, -0.2) is 0 Å². The van der Waals surface area contributed by atoms with Gasteiger partial charge >= 0.3 is 0 Å². The minimum absolute atomic E-state index is 1.15. The Balaban J connectivity index is 1.10. The fraction of sp³-hybridized carbons (Fsp3) is 0.240. The van der Waals surface area contributed by atoms with Crippen molar-refractivity contribution < 1.29 is 0 Å². The highest BCUT2D eigenvalue weighted by atomic mass is 32.1. The van der Waals surface area contributed by atoms with Crippen LogP contribution in [-0.4, -0.2) is 0 Å². The first-order valence-corrected chi connectivity index (χ1v) is 23.1. The third kappa shape index (κ3) is 7.93. The summed E-state index contributed by atoms with van der Waals surface area (Å²) in [7, 11) is 0. The molecule has 270 valence electrons. The minimum atomic E-state index is 1.15. The molecule has 8 aromatic rings. The van der Waals surface area contributed by atoms with Gasteiger partial charge in [-0.05, 0) is 93.7 Å². The van der Waals surface area contributed by atoms with Gasteiger partial charge in [0.05, 0.1) is 20.5 Å². The van der Waals surface area contributed by atoms with Gasteiger partial charge in [0.25, 0.3) is 0 Å². The third-order valence-corrected chi connectivity index (χ3v) is 14.3. The van der Waals surface area contributed by atoms with E-state index in [-0.39, 0.29) is 0 Å². The number of thiophene rings is 4. The first-order valence-electron chi connectivity index (χ1n) is 19.6. The van der Waals surface area contributed by atoms with E-state index in [1.54, 1.807) is 22.7 Å². The number of aryl methyl sites for hydroxylation is 2. The van der Waals surface area contributed by atoms with Crippen molar-refractivity contribution in [3.8, 4) is 11.8 Å². The lowest BCUT2D eigenvalue weighted by atomic mass is 9.99. The van der Waals surface area contributed by atoms with E-state index >= 15 is 0 Å². The number of unbranched alkanes of at least 4 members (excludes halogenated alkanes) is 6. The van der Waals surface area contributed by atoms with Crippen LogP contribution in [0.2, 0.25) is 0 Å². The van der Waals surface area contributed by atoms with Crippen molar-refractivity contribution >= 4 is 110 Å². The van der Waals surface area contributed by atoms with E-state index in [0.717, 1.165) is 11.1 Å². The monoisotopic (exact) mass is 774 g/mol. The van der Waals surface area contributed by atoms with Crippen LogP contribution in [-0.2, 0) is 12.8 Å². The van der Waals surface area contributed by atoms with Crippen molar-refractivity contribution in [3.63, 3.8) is 0 Å². The predicted octanol–water partition coefficient (Wildman–Crippen LogP) is 16.5. The lowest BCUT2D eigenvalue weighted by Crippen LogP contribution is -1.87. The molecule has 0 saturated heterocycles. The van der Waals surface area contributed by atoms with E-state index in [1.165, 1.54) is 138 Å². The van der Waals surface area contributed by atoms with E-state index in [2.05, 4.69) is 144 Å². The average molecular weight is 775 g/mol. The van der Waals surface area contributed by atoms with Gasteiger partial charge in [0.2, 0.25) is 0 Å². The molecule has 0 radical (unpaired) electrons. The number of rotatable bonds is 14. The normalized spacial score (nSPS) is 12.0.